The number of nitrogens with zero attached hydrogens (tertiary/aromatic N) is 2. The van der Waals surface area contributed by atoms with Crippen molar-refractivity contribution < 1.29 is 4.79 Å². The van der Waals surface area contributed by atoms with Crippen molar-refractivity contribution in [2.45, 2.75) is 31.8 Å². The van der Waals surface area contributed by atoms with Crippen LogP contribution in [0.3, 0.4) is 0 Å². The van der Waals surface area contributed by atoms with Gasteiger partial charge in [-0.15, -0.1) is 0 Å². The molecular weight excluding hydrogens is 394 g/mol. The van der Waals surface area contributed by atoms with Crippen molar-refractivity contribution in [3.05, 3.63) is 94.1 Å². The summed E-state index contributed by atoms with van der Waals surface area (Å²) in [5.41, 5.74) is 4.90. The third-order valence-electron chi connectivity index (χ3n) is 6.16. The molecule has 2 aromatic carbocycles. The number of benzene rings is 2. The minimum atomic E-state index is 0.0190. The van der Waals surface area contributed by atoms with E-state index in [1.807, 2.05) is 30.5 Å². The maximum Gasteiger partial charge on any atom is 0.224 e. The normalized spacial score (nSPS) is 19.8. The molecule has 2 unspecified atom stereocenters. The van der Waals surface area contributed by atoms with Crippen molar-refractivity contribution in [2.75, 3.05) is 11.4 Å². The molecule has 0 bridgehead atoms. The molecule has 30 heavy (non-hydrogen) atoms. The van der Waals surface area contributed by atoms with Crippen molar-refractivity contribution in [1.82, 2.24) is 10.3 Å². The summed E-state index contributed by atoms with van der Waals surface area (Å²) in [5.74, 6) is 1.34. The molecule has 1 aromatic heterocycles. The van der Waals surface area contributed by atoms with Crippen LogP contribution in [0, 0.1) is 5.92 Å². The zero-order chi connectivity index (χ0) is 20.5. The first-order valence-electron chi connectivity index (χ1n) is 10.5. The number of amides is 1. The van der Waals surface area contributed by atoms with Gasteiger partial charge in [0.15, 0.2) is 0 Å². The van der Waals surface area contributed by atoms with Crippen molar-refractivity contribution in [2.24, 2.45) is 5.92 Å². The van der Waals surface area contributed by atoms with E-state index in [0.717, 1.165) is 47.9 Å². The quantitative estimate of drug-likeness (QED) is 0.653. The zero-order valence-electron chi connectivity index (χ0n) is 16.7. The molecule has 0 radical (unpaired) electrons. The zero-order valence-corrected chi connectivity index (χ0v) is 17.5. The first-order chi connectivity index (χ1) is 14.7. The van der Waals surface area contributed by atoms with Gasteiger partial charge in [-0.2, -0.15) is 0 Å². The highest BCUT2D eigenvalue weighted by molar-refractivity contribution is 6.31. The first-order valence-corrected chi connectivity index (χ1v) is 10.9. The summed E-state index contributed by atoms with van der Waals surface area (Å²) in [4.78, 5) is 19.5. The molecule has 2 heterocycles. The number of pyridine rings is 1. The van der Waals surface area contributed by atoms with Crippen molar-refractivity contribution in [1.29, 1.82) is 0 Å². The van der Waals surface area contributed by atoms with E-state index >= 15 is 0 Å². The van der Waals surface area contributed by atoms with E-state index in [1.165, 1.54) is 11.1 Å². The molecule has 1 aliphatic heterocycles. The highest BCUT2D eigenvalue weighted by Gasteiger charge is 2.44. The molecule has 3 aromatic rings. The number of anilines is 1. The number of halogens is 1. The van der Waals surface area contributed by atoms with Crippen LogP contribution in [0.1, 0.15) is 34.6 Å². The largest absolute Gasteiger partial charge is 0.352 e. The lowest BCUT2D eigenvalue weighted by Crippen LogP contribution is -2.31. The summed E-state index contributed by atoms with van der Waals surface area (Å²) in [6.07, 6.45) is 3.78. The Balaban J connectivity index is 1.16. The van der Waals surface area contributed by atoms with Crippen molar-refractivity contribution >= 4 is 23.3 Å². The average Bonchev–Trinajstić information content (AvgIpc) is 3.59. The van der Waals surface area contributed by atoms with E-state index in [4.69, 9.17) is 11.6 Å². The Kier molecular flexibility index (Phi) is 5.17. The summed E-state index contributed by atoms with van der Waals surface area (Å²) in [6, 6.07) is 20.5. The standard InChI is InChI=1S/C25H24ClN3O/c26-23-8-4-3-7-20(23)21-13-22(21)25(30)28-15-17-9-10-24(27-14-17)29-12-11-18-5-1-2-6-19(18)16-29/h1-10,14,21-22H,11-13,15-16H2,(H,28,30). The SMILES string of the molecule is O=C(NCc1ccc(N2CCc3ccccc3C2)nc1)C1CC1c1ccccc1Cl. The Morgan fingerprint density at radius 2 is 1.87 bits per heavy atom. The van der Waals surface area contributed by atoms with Crippen LogP contribution >= 0.6 is 11.6 Å². The fourth-order valence-electron chi connectivity index (χ4n) is 4.32. The summed E-state index contributed by atoms with van der Waals surface area (Å²) < 4.78 is 0. The average molecular weight is 418 g/mol. The Labute approximate surface area is 181 Å². The fraction of sp³-hybridized carbons (Fsp3) is 0.280. The number of nitrogens with one attached hydrogen (secondary N) is 1. The van der Waals surface area contributed by atoms with Gasteiger partial charge in [-0.1, -0.05) is 60.1 Å². The number of aromatic nitrogens is 1. The maximum atomic E-state index is 12.5. The second-order valence-electron chi connectivity index (χ2n) is 8.15. The minimum Gasteiger partial charge on any atom is -0.352 e. The van der Waals surface area contributed by atoms with Crippen LogP contribution in [0.25, 0.3) is 0 Å². The molecule has 0 spiro atoms. The monoisotopic (exact) mass is 417 g/mol. The first kappa shape index (κ1) is 19.1. The number of carbonyl (C=O) groups is 1. The van der Waals surface area contributed by atoms with Crippen LogP contribution in [-0.2, 0) is 24.3 Å². The van der Waals surface area contributed by atoms with Gasteiger partial charge in [0.25, 0.3) is 0 Å². The van der Waals surface area contributed by atoms with Crippen LogP contribution in [-0.4, -0.2) is 17.4 Å². The Bertz CT molecular complexity index is 1070. The van der Waals surface area contributed by atoms with Crippen LogP contribution in [0.5, 0.6) is 0 Å². The van der Waals surface area contributed by atoms with E-state index < -0.39 is 0 Å². The fourth-order valence-corrected chi connectivity index (χ4v) is 4.60. The molecule has 4 nitrogen and oxygen atoms in total. The van der Waals surface area contributed by atoms with Gasteiger partial charge < -0.3 is 10.2 Å². The van der Waals surface area contributed by atoms with E-state index in [0.29, 0.717) is 6.54 Å². The van der Waals surface area contributed by atoms with E-state index in [-0.39, 0.29) is 17.7 Å². The molecule has 1 fully saturated rings. The lowest BCUT2D eigenvalue weighted by molar-refractivity contribution is -0.122. The van der Waals surface area contributed by atoms with Gasteiger partial charge in [0.2, 0.25) is 5.91 Å². The molecule has 2 atom stereocenters. The Morgan fingerprint density at radius 3 is 2.67 bits per heavy atom. The van der Waals surface area contributed by atoms with Crippen molar-refractivity contribution in [3.8, 4) is 0 Å². The number of fused-ring (bicyclic) bond motifs is 1. The maximum absolute atomic E-state index is 12.5. The molecule has 1 N–H and O–H groups in total. The van der Waals surface area contributed by atoms with Gasteiger partial charge in [0.1, 0.15) is 5.82 Å². The second-order valence-corrected chi connectivity index (χ2v) is 8.56. The summed E-state index contributed by atoms with van der Waals surface area (Å²) in [6.45, 7) is 2.37. The van der Waals surface area contributed by atoms with Gasteiger partial charge in [-0.3, -0.25) is 4.79 Å². The van der Waals surface area contributed by atoms with Crippen LogP contribution in [0.2, 0.25) is 5.02 Å². The lowest BCUT2D eigenvalue weighted by atomic mass is 10.00. The molecule has 1 saturated carbocycles. The van der Waals surface area contributed by atoms with E-state index in [9.17, 15) is 4.79 Å². The molecule has 5 heteroatoms. The second kappa shape index (κ2) is 8.11. The molecule has 1 aliphatic carbocycles. The minimum absolute atomic E-state index is 0.0190. The Morgan fingerprint density at radius 1 is 1.07 bits per heavy atom. The molecule has 1 amide bonds. The highest BCUT2D eigenvalue weighted by Crippen LogP contribution is 2.49. The summed E-state index contributed by atoms with van der Waals surface area (Å²) >= 11 is 6.27. The third-order valence-corrected chi connectivity index (χ3v) is 6.51. The van der Waals surface area contributed by atoms with Gasteiger partial charge in [-0.25, -0.2) is 4.98 Å². The molecular formula is C25H24ClN3O. The summed E-state index contributed by atoms with van der Waals surface area (Å²) in [7, 11) is 0. The summed E-state index contributed by atoms with van der Waals surface area (Å²) in [5, 5.41) is 3.80. The number of rotatable bonds is 5. The highest BCUT2D eigenvalue weighted by atomic mass is 35.5. The Hall–Kier alpha value is -2.85. The number of hydrogen-bond donors (Lipinski definition) is 1. The van der Waals surface area contributed by atoms with Crippen LogP contribution in [0.4, 0.5) is 5.82 Å². The predicted octanol–water partition coefficient (Wildman–Crippen LogP) is 4.72. The van der Waals surface area contributed by atoms with Gasteiger partial charge in [0.05, 0.1) is 0 Å². The number of carbonyl (C=O) groups excluding carboxylic acids is 1. The topological polar surface area (TPSA) is 45.2 Å². The van der Waals surface area contributed by atoms with Crippen LogP contribution < -0.4 is 10.2 Å². The lowest BCUT2D eigenvalue weighted by Gasteiger charge is -2.29. The molecule has 5 rings (SSSR count). The predicted molar refractivity (Wildman–Crippen MR) is 120 cm³/mol. The van der Waals surface area contributed by atoms with Crippen LogP contribution in [0.15, 0.2) is 66.9 Å². The van der Waals surface area contributed by atoms with Crippen molar-refractivity contribution in [3.63, 3.8) is 0 Å². The molecule has 0 saturated heterocycles. The van der Waals surface area contributed by atoms with Gasteiger partial charge in [-0.05, 0) is 53.1 Å². The smallest absolute Gasteiger partial charge is 0.224 e. The van der Waals surface area contributed by atoms with E-state index in [2.05, 4.69) is 51.6 Å². The molecule has 152 valence electrons. The van der Waals surface area contributed by atoms with Gasteiger partial charge in [0, 0.05) is 36.8 Å². The number of hydrogen-bond acceptors (Lipinski definition) is 3. The third kappa shape index (κ3) is 3.92. The van der Waals surface area contributed by atoms with Gasteiger partial charge >= 0.3 is 0 Å². The van der Waals surface area contributed by atoms with E-state index in [1.54, 1.807) is 0 Å². The molecule has 2 aliphatic rings.